The fraction of sp³-hybridized carbons (Fsp3) is 0.741. The van der Waals surface area contributed by atoms with E-state index in [1.54, 1.807) is 11.1 Å². The summed E-state index contributed by atoms with van der Waals surface area (Å²) in [6, 6.07) is 4.53. The van der Waals surface area contributed by atoms with E-state index in [9.17, 15) is 4.79 Å². The van der Waals surface area contributed by atoms with Crippen molar-refractivity contribution in [2.24, 2.45) is 23.2 Å². The zero-order valence-electron chi connectivity index (χ0n) is 19.2. The van der Waals surface area contributed by atoms with Crippen LogP contribution in [0.15, 0.2) is 12.1 Å². The Morgan fingerprint density at radius 2 is 1.97 bits per heavy atom. The molecule has 3 heteroatoms. The third-order valence-corrected chi connectivity index (χ3v) is 9.44. The molecule has 0 N–H and O–H groups in total. The van der Waals surface area contributed by atoms with Crippen LogP contribution < -0.4 is 4.74 Å². The van der Waals surface area contributed by atoms with Crippen LogP contribution in [0.25, 0.3) is 0 Å². The highest BCUT2D eigenvalue weighted by molar-refractivity contribution is 5.79. The Hall–Kier alpha value is -1.35. The Labute approximate surface area is 182 Å². The van der Waals surface area contributed by atoms with Crippen LogP contribution in [0.1, 0.15) is 81.4 Å². The topological polar surface area (TPSA) is 29.5 Å². The molecule has 4 aliphatic rings. The standard InChI is InChI=1S/C27H39NO2/c1-18-6-11-25(30-17-16-28-14-4-5-15-28)26-20(18)7-8-21-22(26)12-13-27(3)23(19(2)29)9-10-24(21)27/h6,11,21-24H,4-5,7-10,12-17H2,1-3H3/t21-,22+,23-,24+,27-/m1/s1. The van der Waals surface area contributed by atoms with E-state index in [1.807, 2.05) is 6.92 Å². The summed E-state index contributed by atoms with van der Waals surface area (Å²) in [5.41, 5.74) is 4.78. The molecule has 164 valence electrons. The molecule has 1 saturated heterocycles. The van der Waals surface area contributed by atoms with Gasteiger partial charge < -0.3 is 4.74 Å². The fourth-order valence-electron chi connectivity index (χ4n) is 7.93. The van der Waals surface area contributed by atoms with Crippen molar-refractivity contribution in [3.8, 4) is 5.75 Å². The second kappa shape index (κ2) is 7.97. The zero-order valence-corrected chi connectivity index (χ0v) is 19.2. The number of benzene rings is 1. The normalized spacial score (nSPS) is 35.6. The van der Waals surface area contributed by atoms with Gasteiger partial charge in [-0.15, -0.1) is 0 Å². The number of hydrogen-bond acceptors (Lipinski definition) is 3. The number of carbonyl (C=O) groups is 1. The summed E-state index contributed by atoms with van der Waals surface area (Å²) < 4.78 is 6.47. The molecule has 1 heterocycles. The van der Waals surface area contributed by atoms with Gasteiger partial charge in [-0.05, 0) is 119 Å². The highest BCUT2D eigenvalue weighted by atomic mass is 16.5. The number of aryl methyl sites for hydroxylation is 1. The molecule has 3 aliphatic carbocycles. The van der Waals surface area contributed by atoms with E-state index in [2.05, 4.69) is 30.9 Å². The second-order valence-electron chi connectivity index (χ2n) is 10.9. The van der Waals surface area contributed by atoms with Gasteiger partial charge in [0.25, 0.3) is 0 Å². The number of fused-ring (bicyclic) bond motifs is 5. The lowest BCUT2D eigenvalue weighted by Gasteiger charge is -2.51. The maximum Gasteiger partial charge on any atom is 0.133 e. The fourth-order valence-corrected chi connectivity index (χ4v) is 7.93. The van der Waals surface area contributed by atoms with Crippen molar-refractivity contribution in [3.05, 3.63) is 28.8 Å². The van der Waals surface area contributed by atoms with Crippen LogP contribution in [0.2, 0.25) is 0 Å². The Morgan fingerprint density at radius 3 is 2.73 bits per heavy atom. The van der Waals surface area contributed by atoms with Crippen LogP contribution in [0.4, 0.5) is 0 Å². The molecule has 1 aromatic carbocycles. The number of carbonyl (C=O) groups excluding carboxylic acids is 1. The Bertz CT molecular complexity index is 811. The lowest BCUT2D eigenvalue weighted by molar-refractivity contribution is -0.125. The molecule has 5 rings (SSSR count). The van der Waals surface area contributed by atoms with Gasteiger partial charge in [-0.25, -0.2) is 0 Å². The summed E-state index contributed by atoms with van der Waals surface area (Å²) in [5, 5.41) is 0. The molecular weight excluding hydrogens is 370 g/mol. The maximum absolute atomic E-state index is 12.4. The van der Waals surface area contributed by atoms with Crippen molar-refractivity contribution >= 4 is 5.78 Å². The predicted octanol–water partition coefficient (Wildman–Crippen LogP) is 5.53. The molecule has 0 spiro atoms. The molecule has 0 radical (unpaired) electrons. The number of rotatable bonds is 5. The Morgan fingerprint density at radius 1 is 1.17 bits per heavy atom. The Kier molecular flexibility index (Phi) is 5.46. The average Bonchev–Trinajstić information content (AvgIpc) is 3.36. The van der Waals surface area contributed by atoms with E-state index >= 15 is 0 Å². The smallest absolute Gasteiger partial charge is 0.133 e. The van der Waals surface area contributed by atoms with Crippen LogP contribution in [-0.2, 0) is 11.2 Å². The van der Waals surface area contributed by atoms with E-state index < -0.39 is 0 Å². The lowest BCUT2D eigenvalue weighted by Crippen LogP contribution is -2.43. The van der Waals surface area contributed by atoms with E-state index in [0.29, 0.717) is 23.5 Å². The quantitative estimate of drug-likeness (QED) is 0.640. The molecule has 0 bridgehead atoms. The highest BCUT2D eigenvalue weighted by Gasteiger charge is 2.56. The number of nitrogens with zero attached hydrogens (tertiary/aromatic N) is 1. The number of likely N-dealkylation sites (tertiary alicyclic amines) is 1. The predicted molar refractivity (Wildman–Crippen MR) is 121 cm³/mol. The molecule has 30 heavy (non-hydrogen) atoms. The SMILES string of the molecule is CC(=O)[C@H]1CC[C@H]2[C@@H]3CCc4c(C)ccc(OCCN5CCCC5)c4[C@H]3CC[C@]12C. The van der Waals surface area contributed by atoms with Crippen LogP contribution in [0.3, 0.4) is 0 Å². The van der Waals surface area contributed by atoms with Gasteiger partial charge in [-0.3, -0.25) is 9.69 Å². The summed E-state index contributed by atoms with van der Waals surface area (Å²) in [4.78, 5) is 14.9. The van der Waals surface area contributed by atoms with Crippen LogP contribution in [0.5, 0.6) is 5.75 Å². The van der Waals surface area contributed by atoms with E-state index in [1.165, 1.54) is 63.6 Å². The van der Waals surface area contributed by atoms with Crippen molar-refractivity contribution < 1.29 is 9.53 Å². The molecule has 0 aromatic heterocycles. The summed E-state index contributed by atoms with van der Waals surface area (Å²) >= 11 is 0. The van der Waals surface area contributed by atoms with Gasteiger partial charge in [0.05, 0.1) is 0 Å². The van der Waals surface area contributed by atoms with Gasteiger partial charge in [-0.2, -0.15) is 0 Å². The summed E-state index contributed by atoms with van der Waals surface area (Å²) in [5.74, 6) is 3.93. The molecule has 3 nitrogen and oxygen atoms in total. The van der Waals surface area contributed by atoms with E-state index in [0.717, 1.165) is 31.2 Å². The van der Waals surface area contributed by atoms with Gasteiger partial charge in [0.2, 0.25) is 0 Å². The maximum atomic E-state index is 12.4. The first kappa shape index (κ1) is 20.5. The van der Waals surface area contributed by atoms with Gasteiger partial charge in [0.15, 0.2) is 0 Å². The number of ketones is 1. The summed E-state index contributed by atoms with van der Waals surface area (Å²) in [7, 11) is 0. The minimum Gasteiger partial charge on any atom is -0.492 e. The molecule has 1 aromatic rings. The van der Waals surface area contributed by atoms with Crippen LogP contribution >= 0.6 is 0 Å². The first-order valence-electron chi connectivity index (χ1n) is 12.5. The molecule has 5 atom stereocenters. The van der Waals surface area contributed by atoms with Gasteiger partial charge in [0, 0.05) is 18.0 Å². The number of Topliss-reactive ketones (excluding diaryl/α,β-unsaturated/α-hetero) is 1. The van der Waals surface area contributed by atoms with Crippen LogP contribution in [-0.4, -0.2) is 36.9 Å². The van der Waals surface area contributed by atoms with Gasteiger partial charge in [0.1, 0.15) is 18.1 Å². The number of hydrogen-bond donors (Lipinski definition) is 0. The summed E-state index contributed by atoms with van der Waals surface area (Å²) in [6.45, 7) is 10.9. The molecule has 0 amide bonds. The number of ether oxygens (including phenoxy) is 1. The third kappa shape index (κ3) is 3.32. The second-order valence-corrected chi connectivity index (χ2v) is 10.9. The first-order valence-corrected chi connectivity index (χ1v) is 12.5. The molecule has 0 unspecified atom stereocenters. The van der Waals surface area contributed by atoms with Crippen molar-refractivity contribution in [1.82, 2.24) is 4.90 Å². The molecule has 1 aliphatic heterocycles. The largest absolute Gasteiger partial charge is 0.492 e. The summed E-state index contributed by atoms with van der Waals surface area (Å²) in [6.07, 6.45) is 9.93. The minimum absolute atomic E-state index is 0.227. The third-order valence-electron chi connectivity index (χ3n) is 9.44. The van der Waals surface area contributed by atoms with E-state index in [4.69, 9.17) is 4.74 Å². The lowest BCUT2D eigenvalue weighted by atomic mass is 9.53. The van der Waals surface area contributed by atoms with Gasteiger partial charge >= 0.3 is 0 Å². The molecule has 2 saturated carbocycles. The monoisotopic (exact) mass is 409 g/mol. The van der Waals surface area contributed by atoms with Crippen molar-refractivity contribution in [2.45, 2.75) is 78.1 Å². The molecule has 3 fully saturated rings. The van der Waals surface area contributed by atoms with Crippen molar-refractivity contribution in [3.63, 3.8) is 0 Å². The van der Waals surface area contributed by atoms with Crippen LogP contribution in [0, 0.1) is 30.1 Å². The average molecular weight is 410 g/mol. The van der Waals surface area contributed by atoms with Crippen molar-refractivity contribution in [2.75, 3.05) is 26.2 Å². The van der Waals surface area contributed by atoms with Gasteiger partial charge in [-0.1, -0.05) is 13.0 Å². The Balaban J connectivity index is 1.39. The van der Waals surface area contributed by atoms with Crippen molar-refractivity contribution in [1.29, 1.82) is 0 Å². The zero-order chi connectivity index (χ0) is 20.9. The first-order chi connectivity index (χ1) is 14.5. The minimum atomic E-state index is 0.227. The highest BCUT2D eigenvalue weighted by Crippen LogP contribution is 2.64. The van der Waals surface area contributed by atoms with E-state index in [-0.39, 0.29) is 5.41 Å². The molecular formula is C27H39NO2.